The topological polar surface area (TPSA) is 72.0 Å². The normalized spacial score (nSPS) is 10.4. The first-order valence-corrected chi connectivity index (χ1v) is 10.9. The van der Waals surface area contributed by atoms with Crippen molar-refractivity contribution < 1.29 is 19.1 Å². The molecule has 7 nitrogen and oxygen atoms in total. The molecule has 1 amide bonds. The van der Waals surface area contributed by atoms with E-state index in [0.717, 1.165) is 17.1 Å². The van der Waals surface area contributed by atoms with Crippen molar-refractivity contribution in [1.82, 2.24) is 9.88 Å². The Kier molecular flexibility index (Phi) is 8.82. The van der Waals surface area contributed by atoms with Crippen LogP contribution in [-0.2, 0) is 16.1 Å². The number of nitrogens with zero attached hydrogens (tertiary/aromatic N) is 3. The molecule has 0 atom stereocenters. The fourth-order valence-electron chi connectivity index (χ4n) is 3.23. The molecule has 33 heavy (non-hydrogen) atoms. The largest absolute Gasteiger partial charge is 0.492 e. The van der Waals surface area contributed by atoms with Gasteiger partial charge >= 0.3 is 5.97 Å². The fraction of sp³-hybridized carbons (Fsp3) is 0.269. The molecule has 0 radical (unpaired) electrons. The summed E-state index contributed by atoms with van der Waals surface area (Å²) in [6.07, 6.45) is 1.76. The van der Waals surface area contributed by atoms with E-state index in [0.29, 0.717) is 18.7 Å². The number of esters is 1. The molecular formula is C26H29N3O4. The Hall–Kier alpha value is -3.87. The lowest BCUT2D eigenvalue weighted by molar-refractivity contribution is -0.143. The van der Waals surface area contributed by atoms with Gasteiger partial charge < -0.3 is 19.3 Å². The highest BCUT2D eigenvalue weighted by atomic mass is 16.5. The van der Waals surface area contributed by atoms with Crippen LogP contribution in [0.15, 0.2) is 79.0 Å². The van der Waals surface area contributed by atoms with E-state index in [4.69, 9.17) is 9.47 Å². The summed E-state index contributed by atoms with van der Waals surface area (Å²) in [6.45, 7) is 3.39. The smallest absolute Gasteiger partial charge is 0.325 e. The molecule has 2 aromatic carbocycles. The highest BCUT2D eigenvalue weighted by Gasteiger charge is 2.20. The van der Waals surface area contributed by atoms with Crippen LogP contribution in [-0.4, -0.2) is 55.1 Å². The Morgan fingerprint density at radius 2 is 1.67 bits per heavy atom. The lowest BCUT2D eigenvalue weighted by Crippen LogP contribution is -2.36. The van der Waals surface area contributed by atoms with Gasteiger partial charge in [-0.05, 0) is 48.9 Å². The van der Waals surface area contributed by atoms with Gasteiger partial charge in [-0.25, -0.2) is 4.98 Å². The third-order valence-corrected chi connectivity index (χ3v) is 4.97. The van der Waals surface area contributed by atoms with Crippen molar-refractivity contribution in [2.75, 3.05) is 38.3 Å². The van der Waals surface area contributed by atoms with Gasteiger partial charge in [-0.3, -0.25) is 9.59 Å². The minimum atomic E-state index is -0.432. The van der Waals surface area contributed by atoms with Crippen LogP contribution < -0.4 is 9.64 Å². The number of hydrogen-bond donors (Lipinski definition) is 0. The quantitative estimate of drug-likeness (QED) is 0.417. The van der Waals surface area contributed by atoms with Gasteiger partial charge in [0.15, 0.2) is 0 Å². The van der Waals surface area contributed by atoms with Crippen LogP contribution in [0.3, 0.4) is 0 Å². The van der Waals surface area contributed by atoms with Crippen molar-refractivity contribution in [2.24, 2.45) is 0 Å². The molecule has 0 N–H and O–H groups in total. The fourth-order valence-corrected chi connectivity index (χ4v) is 3.23. The number of carbonyl (C=O) groups excluding carboxylic acids is 2. The van der Waals surface area contributed by atoms with Gasteiger partial charge in [-0.2, -0.15) is 0 Å². The minimum absolute atomic E-state index is 0.111. The van der Waals surface area contributed by atoms with Crippen molar-refractivity contribution >= 4 is 17.7 Å². The molecule has 0 bridgehead atoms. The molecule has 0 spiro atoms. The third kappa shape index (κ3) is 7.35. The molecule has 0 aliphatic heterocycles. The number of rotatable bonds is 11. The third-order valence-electron chi connectivity index (χ3n) is 4.97. The molecule has 0 saturated heterocycles. The van der Waals surface area contributed by atoms with Crippen LogP contribution >= 0.6 is 0 Å². The predicted molar refractivity (Wildman–Crippen MR) is 127 cm³/mol. The second-order valence-corrected chi connectivity index (χ2v) is 7.43. The van der Waals surface area contributed by atoms with Gasteiger partial charge in [0.1, 0.15) is 24.7 Å². The van der Waals surface area contributed by atoms with Crippen LogP contribution in [0.2, 0.25) is 0 Å². The highest BCUT2D eigenvalue weighted by molar-refractivity contribution is 5.95. The number of aromatic nitrogens is 1. The number of benzene rings is 2. The van der Waals surface area contributed by atoms with Crippen LogP contribution in [0.5, 0.6) is 5.75 Å². The van der Waals surface area contributed by atoms with Crippen molar-refractivity contribution in [3.63, 3.8) is 0 Å². The monoisotopic (exact) mass is 447 g/mol. The van der Waals surface area contributed by atoms with Crippen LogP contribution in [0.4, 0.5) is 5.82 Å². The van der Waals surface area contributed by atoms with Crippen LogP contribution in [0.25, 0.3) is 0 Å². The molecule has 0 saturated carbocycles. The first kappa shape index (κ1) is 23.8. The van der Waals surface area contributed by atoms with Gasteiger partial charge in [0.25, 0.3) is 5.91 Å². The van der Waals surface area contributed by atoms with Crippen molar-refractivity contribution in [1.29, 1.82) is 0 Å². The molecule has 1 aromatic heterocycles. The number of likely N-dealkylation sites (N-methyl/N-ethyl adjacent to an activating group) is 1. The highest BCUT2D eigenvalue weighted by Crippen LogP contribution is 2.16. The minimum Gasteiger partial charge on any atom is -0.492 e. The van der Waals surface area contributed by atoms with Crippen LogP contribution in [0, 0.1) is 0 Å². The maximum absolute atomic E-state index is 13.0. The number of carbonyl (C=O) groups is 2. The standard InChI is InChI=1S/C26H29N3O4/c1-3-32-25(30)20-29(26(31)22-9-5-4-6-10-22)19-21-12-14-23(15-13-21)33-18-17-28(2)24-11-7-8-16-27-24/h4-16H,3,17-20H2,1-2H3. The summed E-state index contributed by atoms with van der Waals surface area (Å²) in [5.74, 6) is 0.973. The van der Waals surface area contributed by atoms with E-state index < -0.39 is 5.97 Å². The zero-order valence-corrected chi connectivity index (χ0v) is 19.0. The molecule has 0 unspecified atom stereocenters. The zero-order valence-electron chi connectivity index (χ0n) is 19.0. The van der Waals surface area contributed by atoms with Crippen molar-refractivity contribution in [3.05, 3.63) is 90.1 Å². The van der Waals surface area contributed by atoms with E-state index in [-0.39, 0.29) is 25.6 Å². The van der Waals surface area contributed by atoms with Crippen molar-refractivity contribution in [3.8, 4) is 5.75 Å². The maximum Gasteiger partial charge on any atom is 0.325 e. The van der Waals surface area contributed by atoms with Gasteiger partial charge in [0.2, 0.25) is 0 Å². The van der Waals surface area contributed by atoms with E-state index in [1.165, 1.54) is 4.90 Å². The van der Waals surface area contributed by atoms with Gasteiger partial charge in [-0.15, -0.1) is 0 Å². The van der Waals surface area contributed by atoms with Gasteiger partial charge in [0, 0.05) is 25.4 Å². The molecule has 1 heterocycles. The number of hydrogen-bond acceptors (Lipinski definition) is 6. The number of anilines is 1. The molecule has 0 aliphatic carbocycles. The lowest BCUT2D eigenvalue weighted by atomic mass is 10.1. The molecular weight excluding hydrogens is 418 g/mol. The Labute approximate surface area is 194 Å². The Morgan fingerprint density at radius 3 is 2.33 bits per heavy atom. The summed E-state index contributed by atoms with van der Waals surface area (Å²) in [4.78, 5) is 32.9. The lowest BCUT2D eigenvalue weighted by Gasteiger charge is -2.22. The summed E-state index contributed by atoms with van der Waals surface area (Å²) in [7, 11) is 1.97. The average molecular weight is 448 g/mol. The molecule has 172 valence electrons. The molecule has 0 aliphatic rings. The van der Waals surface area contributed by atoms with E-state index in [1.807, 2.05) is 60.5 Å². The maximum atomic E-state index is 13.0. The van der Waals surface area contributed by atoms with Gasteiger partial charge in [0.05, 0.1) is 13.2 Å². The SMILES string of the molecule is CCOC(=O)CN(Cc1ccc(OCCN(C)c2ccccn2)cc1)C(=O)c1ccccc1. The summed E-state index contributed by atoms with van der Waals surface area (Å²) in [5, 5.41) is 0. The molecule has 7 heteroatoms. The average Bonchev–Trinajstić information content (AvgIpc) is 2.85. The van der Waals surface area contributed by atoms with E-state index >= 15 is 0 Å². The Morgan fingerprint density at radius 1 is 0.939 bits per heavy atom. The van der Waals surface area contributed by atoms with E-state index in [2.05, 4.69) is 4.98 Å². The number of pyridine rings is 1. The Balaban J connectivity index is 1.58. The second kappa shape index (κ2) is 12.2. The van der Waals surface area contributed by atoms with E-state index in [1.54, 1.807) is 37.4 Å². The summed E-state index contributed by atoms with van der Waals surface area (Å²) in [6, 6.07) is 22.2. The first-order valence-electron chi connectivity index (χ1n) is 10.9. The van der Waals surface area contributed by atoms with Crippen molar-refractivity contribution in [2.45, 2.75) is 13.5 Å². The van der Waals surface area contributed by atoms with Gasteiger partial charge in [-0.1, -0.05) is 36.4 Å². The molecule has 3 aromatic rings. The Bertz CT molecular complexity index is 1010. The molecule has 3 rings (SSSR count). The number of ether oxygens (including phenoxy) is 2. The van der Waals surface area contributed by atoms with E-state index in [9.17, 15) is 9.59 Å². The molecule has 0 fully saturated rings. The summed E-state index contributed by atoms with van der Waals surface area (Å²) >= 11 is 0. The number of amides is 1. The predicted octanol–water partition coefficient (Wildman–Crippen LogP) is 3.80. The second-order valence-electron chi connectivity index (χ2n) is 7.43. The zero-order chi connectivity index (χ0) is 23.5. The van der Waals surface area contributed by atoms with Crippen LogP contribution in [0.1, 0.15) is 22.8 Å². The summed E-state index contributed by atoms with van der Waals surface area (Å²) < 4.78 is 10.9. The first-order chi connectivity index (χ1) is 16.1. The summed E-state index contributed by atoms with van der Waals surface area (Å²) in [5.41, 5.74) is 1.42.